The van der Waals surface area contributed by atoms with Crippen molar-refractivity contribution in [3.05, 3.63) is 68.7 Å². The molecular weight excluding hydrogens is 378 g/mol. The van der Waals surface area contributed by atoms with Crippen molar-refractivity contribution in [1.82, 2.24) is 10.1 Å². The van der Waals surface area contributed by atoms with Crippen LogP contribution < -0.4 is 16.0 Å². The molecule has 1 aliphatic heterocycles. The third-order valence-corrected chi connectivity index (χ3v) is 4.74. The van der Waals surface area contributed by atoms with Gasteiger partial charge in [0.2, 0.25) is 0 Å². The highest BCUT2D eigenvalue weighted by Crippen LogP contribution is 2.29. The van der Waals surface area contributed by atoms with E-state index in [2.05, 4.69) is 24.9 Å². The van der Waals surface area contributed by atoms with Gasteiger partial charge in [-0.3, -0.25) is 24.4 Å². The van der Waals surface area contributed by atoms with Gasteiger partial charge in [-0.1, -0.05) is 5.16 Å². The van der Waals surface area contributed by atoms with Crippen molar-refractivity contribution in [2.24, 2.45) is 0 Å². The third-order valence-electron chi connectivity index (χ3n) is 4.74. The highest BCUT2D eigenvalue weighted by Gasteiger charge is 2.22. The summed E-state index contributed by atoms with van der Waals surface area (Å²) in [5.41, 5.74) is 1.92. The number of non-ortho nitro benzene ring substituents is 1. The van der Waals surface area contributed by atoms with Gasteiger partial charge in [0, 0.05) is 36.5 Å². The van der Waals surface area contributed by atoms with Crippen LogP contribution in [0.25, 0.3) is 11.4 Å². The zero-order valence-corrected chi connectivity index (χ0v) is 15.3. The van der Waals surface area contributed by atoms with Crippen LogP contribution in [0.3, 0.4) is 0 Å². The second-order valence-electron chi connectivity index (χ2n) is 6.63. The van der Waals surface area contributed by atoms with Gasteiger partial charge in [-0.05, 0) is 43.2 Å². The molecule has 0 aliphatic carbocycles. The summed E-state index contributed by atoms with van der Waals surface area (Å²) in [5.74, 6) is -0.807. The summed E-state index contributed by atoms with van der Waals surface area (Å²) in [7, 11) is 0. The first-order valence-electron chi connectivity index (χ1n) is 9.02. The van der Waals surface area contributed by atoms with Crippen LogP contribution in [-0.4, -0.2) is 34.1 Å². The van der Waals surface area contributed by atoms with E-state index in [0.29, 0.717) is 16.9 Å². The van der Waals surface area contributed by atoms with Crippen molar-refractivity contribution in [2.45, 2.75) is 12.8 Å². The van der Waals surface area contributed by atoms with E-state index in [1.807, 2.05) is 0 Å². The van der Waals surface area contributed by atoms with E-state index in [-0.39, 0.29) is 17.1 Å². The number of aromatic nitrogens is 2. The molecule has 148 valence electrons. The number of nitrogens with zero attached hydrogens (tertiary/aromatic N) is 3. The zero-order chi connectivity index (χ0) is 20.4. The van der Waals surface area contributed by atoms with Crippen LogP contribution in [0.2, 0.25) is 0 Å². The van der Waals surface area contributed by atoms with Gasteiger partial charge >= 0.3 is 5.76 Å². The average Bonchev–Trinajstić information content (AvgIpc) is 3.40. The summed E-state index contributed by atoms with van der Waals surface area (Å²) < 4.78 is 4.47. The first kappa shape index (κ1) is 18.4. The van der Waals surface area contributed by atoms with Crippen molar-refractivity contribution in [3.8, 4) is 11.4 Å². The number of carbonyl (C=O) groups is 1. The van der Waals surface area contributed by atoms with Gasteiger partial charge < -0.3 is 10.2 Å². The largest absolute Gasteiger partial charge is 0.439 e. The molecule has 0 unspecified atom stereocenters. The van der Waals surface area contributed by atoms with E-state index in [0.717, 1.165) is 25.9 Å². The summed E-state index contributed by atoms with van der Waals surface area (Å²) in [6.07, 6.45) is 2.04. The molecule has 1 aliphatic rings. The number of benzene rings is 2. The lowest BCUT2D eigenvalue weighted by Crippen LogP contribution is -2.23. The molecule has 0 radical (unpaired) electrons. The molecule has 10 heteroatoms. The van der Waals surface area contributed by atoms with E-state index in [9.17, 15) is 19.7 Å². The Morgan fingerprint density at radius 3 is 2.52 bits per heavy atom. The molecule has 3 aromatic rings. The first-order valence-corrected chi connectivity index (χ1v) is 9.02. The molecule has 10 nitrogen and oxygen atoms in total. The molecule has 4 rings (SSSR count). The Hall–Kier alpha value is -3.95. The Morgan fingerprint density at radius 2 is 1.90 bits per heavy atom. The summed E-state index contributed by atoms with van der Waals surface area (Å²) in [6, 6.07) is 11.0. The summed E-state index contributed by atoms with van der Waals surface area (Å²) in [4.78, 5) is 39.1. The maximum absolute atomic E-state index is 12.9. The summed E-state index contributed by atoms with van der Waals surface area (Å²) in [5, 5.41) is 17.5. The molecule has 0 bridgehead atoms. The third kappa shape index (κ3) is 3.86. The number of amides is 1. The second-order valence-corrected chi connectivity index (χ2v) is 6.63. The smallest absolute Gasteiger partial charge is 0.371 e. The fourth-order valence-corrected chi connectivity index (χ4v) is 3.32. The molecule has 1 fully saturated rings. The lowest BCUT2D eigenvalue weighted by Gasteiger charge is -2.21. The molecule has 29 heavy (non-hydrogen) atoms. The minimum atomic E-state index is -0.655. The van der Waals surface area contributed by atoms with Crippen LogP contribution in [-0.2, 0) is 0 Å². The van der Waals surface area contributed by atoms with Crippen LogP contribution in [0, 0.1) is 10.1 Å². The van der Waals surface area contributed by atoms with E-state index < -0.39 is 16.6 Å². The lowest BCUT2D eigenvalue weighted by atomic mass is 10.1. The highest BCUT2D eigenvalue weighted by molar-refractivity contribution is 6.08. The molecule has 2 N–H and O–H groups in total. The number of anilines is 2. The molecule has 2 aromatic carbocycles. The maximum Gasteiger partial charge on any atom is 0.439 e. The van der Waals surface area contributed by atoms with E-state index >= 15 is 0 Å². The number of H-pyrrole nitrogens is 1. The zero-order valence-electron chi connectivity index (χ0n) is 15.3. The standard InChI is InChI=1S/C19H17N5O5/c25-18(20-13-5-3-12(4-6-13)17-21-19(26)29-22-17)15-11-14(24(27)28)7-8-16(15)23-9-1-2-10-23/h3-8,11H,1-2,9-10H2,(H,20,25)(H,21,22,26). The van der Waals surface area contributed by atoms with Crippen LogP contribution in [0.15, 0.2) is 51.8 Å². The molecule has 0 atom stereocenters. The van der Waals surface area contributed by atoms with Crippen LogP contribution in [0.5, 0.6) is 0 Å². The molecular formula is C19H17N5O5. The topological polar surface area (TPSA) is 134 Å². The molecule has 1 saturated heterocycles. The number of rotatable bonds is 5. The van der Waals surface area contributed by atoms with Crippen molar-refractivity contribution in [3.63, 3.8) is 0 Å². The van der Waals surface area contributed by atoms with Crippen LogP contribution >= 0.6 is 0 Å². The van der Waals surface area contributed by atoms with E-state index in [1.165, 1.54) is 12.1 Å². The number of nitro groups is 1. The Labute approximate surface area is 164 Å². The van der Waals surface area contributed by atoms with Crippen LogP contribution in [0.4, 0.5) is 17.1 Å². The number of nitro benzene ring substituents is 1. The quantitative estimate of drug-likeness (QED) is 0.501. The van der Waals surface area contributed by atoms with Gasteiger partial charge in [0.25, 0.3) is 11.6 Å². The second kappa shape index (κ2) is 7.58. The average molecular weight is 395 g/mol. The van der Waals surface area contributed by atoms with Crippen LogP contribution in [0.1, 0.15) is 23.2 Å². The number of nitrogens with one attached hydrogen (secondary N) is 2. The van der Waals surface area contributed by atoms with Gasteiger partial charge in [-0.15, -0.1) is 0 Å². The van der Waals surface area contributed by atoms with Gasteiger partial charge in [0.05, 0.1) is 16.2 Å². The SMILES string of the molecule is O=C(Nc1ccc(-c2noc(=O)[nH]2)cc1)c1cc([N+](=O)[O-])ccc1N1CCCC1. The predicted molar refractivity (Wildman–Crippen MR) is 105 cm³/mol. The Morgan fingerprint density at radius 1 is 1.17 bits per heavy atom. The maximum atomic E-state index is 12.9. The van der Waals surface area contributed by atoms with Gasteiger partial charge in [0.15, 0.2) is 5.82 Å². The Balaban J connectivity index is 1.59. The van der Waals surface area contributed by atoms with Gasteiger partial charge in [-0.2, -0.15) is 0 Å². The molecule has 1 aromatic heterocycles. The predicted octanol–water partition coefficient (Wildman–Crippen LogP) is 2.79. The minimum Gasteiger partial charge on any atom is -0.371 e. The lowest BCUT2D eigenvalue weighted by molar-refractivity contribution is -0.384. The van der Waals surface area contributed by atoms with Gasteiger partial charge in [-0.25, -0.2) is 4.79 Å². The fraction of sp³-hybridized carbons (Fsp3) is 0.211. The van der Waals surface area contributed by atoms with Gasteiger partial charge in [0.1, 0.15) is 0 Å². The highest BCUT2D eigenvalue weighted by atomic mass is 16.6. The number of aromatic amines is 1. The van der Waals surface area contributed by atoms with Crippen molar-refractivity contribution < 1.29 is 14.2 Å². The summed E-state index contributed by atoms with van der Waals surface area (Å²) in [6.45, 7) is 1.62. The normalized spacial score (nSPS) is 13.4. The fourth-order valence-electron chi connectivity index (χ4n) is 3.32. The summed E-state index contributed by atoms with van der Waals surface area (Å²) >= 11 is 0. The van der Waals surface area contributed by atoms with Crippen molar-refractivity contribution in [2.75, 3.05) is 23.3 Å². The van der Waals surface area contributed by atoms with E-state index in [4.69, 9.17) is 0 Å². The molecule has 0 spiro atoms. The monoisotopic (exact) mass is 395 g/mol. The number of hydrogen-bond donors (Lipinski definition) is 2. The Kier molecular flexibility index (Phi) is 4.82. The molecule has 0 saturated carbocycles. The number of hydrogen-bond acceptors (Lipinski definition) is 7. The molecule has 2 heterocycles. The van der Waals surface area contributed by atoms with Crippen molar-refractivity contribution in [1.29, 1.82) is 0 Å². The first-order chi connectivity index (χ1) is 14.0. The minimum absolute atomic E-state index is 0.136. The van der Waals surface area contributed by atoms with E-state index in [1.54, 1.807) is 30.3 Å². The Bertz CT molecular complexity index is 1110. The van der Waals surface area contributed by atoms with Crippen molar-refractivity contribution >= 4 is 23.0 Å². The molecule has 1 amide bonds. The number of carbonyl (C=O) groups excluding carboxylic acids is 1.